The molecule has 0 aromatic heterocycles. The molecule has 1 saturated heterocycles. The molecule has 0 aliphatic carbocycles. The van der Waals surface area contributed by atoms with Crippen molar-refractivity contribution in [3.05, 3.63) is 65.7 Å². The molecule has 1 amide bonds. The summed E-state index contributed by atoms with van der Waals surface area (Å²) in [5.41, 5.74) is 1.39. The third-order valence-corrected chi connectivity index (χ3v) is 5.96. The van der Waals surface area contributed by atoms with Gasteiger partial charge in [-0.15, -0.1) is 0 Å². The molecule has 1 N–H and O–H groups in total. The molecule has 1 unspecified atom stereocenters. The van der Waals surface area contributed by atoms with E-state index in [4.69, 9.17) is 0 Å². The van der Waals surface area contributed by atoms with Gasteiger partial charge in [0.2, 0.25) is 15.9 Å². The second-order valence-electron chi connectivity index (χ2n) is 6.69. The lowest BCUT2D eigenvalue weighted by Gasteiger charge is -2.30. The first-order valence-corrected chi connectivity index (χ1v) is 10.7. The molecular formula is C20H22N2O4S. The van der Waals surface area contributed by atoms with Crippen LogP contribution in [0.2, 0.25) is 0 Å². The first-order chi connectivity index (χ1) is 12.9. The Morgan fingerprint density at radius 2 is 1.70 bits per heavy atom. The molecule has 1 atom stereocenters. The van der Waals surface area contributed by atoms with E-state index in [-0.39, 0.29) is 18.2 Å². The summed E-state index contributed by atoms with van der Waals surface area (Å²) in [4.78, 5) is 25.5. The molecule has 0 radical (unpaired) electrons. The number of nitrogens with one attached hydrogen (secondary N) is 1. The van der Waals surface area contributed by atoms with Crippen LogP contribution in [0.25, 0.3) is 0 Å². The smallest absolute Gasteiger partial charge is 0.228 e. The zero-order chi connectivity index (χ0) is 19.4. The van der Waals surface area contributed by atoms with Gasteiger partial charge in [-0.1, -0.05) is 42.5 Å². The van der Waals surface area contributed by atoms with Crippen LogP contribution < -0.4 is 5.32 Å². The molecule has 1 aliphatic heterocycles. The third-order valence-electron chi connectivity index (χ3n) is 4.69. The van der Waals surface area contributed by atoms with E-state index in [0.29, 0.717) is 36.2 Å². The Morgan fingerprint density at radius 1 is 1.04 bits per heavy atom. The van der Waals surface area contributed by atoms with Crippen molar-refractivity contribution in [1.82, 2.24) is 4.31 Å². The van der Waals surface area contributed by atoms with Crippen molar-refractivity contribution < 1.29 is 18.0 Å². The summed E-state index contributed by atoms with van der Waals surface area (Å²) in [7, 11) is -3.32. The summed E-state index contributed by atoms with van der Waals surface area (Å²) in [5.74, 6) is -0.877. The minimum absolute atomic E-state index is 0.166. The molecule has 3 rings (SSSR count). The molecule has 0 saturated carbocycles. The van der Waals surface area contributed by atoms with Gasteiger partial charge in [-0.3, -0.25) is 9.59 Å². The number of ketones is 1. The van der Waals surface area contributed by atoms with E-state index < -0.39 is 15.9 Å². The number of anilines is 1. The average Bonchev–Trinajstić information content (AvgIpc) is 2.68. The number of para-hydroxylation sites is 1. The van der Waals surface area contributed by atoms with Crippen molar-refractivity contribution in [2.75, 3.05) is 24.7 Å². The largest absolute Gasteiger partial charge is 0.325 e. The number of carbonyl (C=O) groups is 2. The highest BCUT2D eigenvalue weighted by Crippen LogP contribution is 2.23. The van der Waals surface area contributed by atoms with E-state index >= 15 is 0 Å². The fraction of sp³-hybridized carbons (Fsp3) is 0.300. The highest BCUT2D eigenvalue weighted by atomic mass is 32.2. The van der Waals surface area contributed by atoms with Gasteiger partial charge in [0.25, 0.3) is 0 Å². The van der Waals surface area contributed by atoms with Gasteiger partial charge in [-0.05, 0) is 25.0 Å². The van der Waals surface area contributed by atoms with Gasteiger partial charge in [-0.2, -0.15) is 0 Å². The number of hydrogen-bond donors (Lipinski definition) is 1. The van der Waals surface area contributed by atoms with Crippen LogP contribution in [0.5, 0.6) is 0 Å². The second kappa shape index (κ2) is 8.02. The van der Waals surface area contributed by atoms with Crippen molar-refractivity contribution >= 4 is 27.4 Å². The Hall–Kier alpha value is -2.51. The maximum absolute atomic E-state index is 12.8. The number of piperidine rings is 1. The van der Waals surface area contributed by atoms with Crippen LogP contribution >= 0.6 is 0 Å². The number of rotatable bonds is 5. The molecule has 0 spiro atoms. The van der Waals surface area contributed by atoms with E-state index in [0.717, 1.165) is 6.26 Å². The van der Waals surface area contributed by atoms with E-state index in [2.05, 4.69) is 5.32 Å². The summed E-state index contributed by atoms with van der Waals surface area (Å²) in [6.45, 7) is 0.602. The lowest BCUT2D eigenvalue weighted by Crippen LogP contribution is -2.43. The molecule has 1 fully saturated rings. The summed E-state index contributed by atoms with van der Waals surface area (Å²) >= 11 is 0. The highest BCUT2D eigenvalue weighted by molar-refractivity contribution is 7.88. The molecule has 1 aliphatic rings. The van der Waals surface area contributed by atoms with Crippen molar-refractivity contribution in [1.29, 1.82) is 0 Å². The molecule has 0 bridgehead atoms. The zero-order valence-electron chi connectivity index (χ0n) is 15.1. The minimum Gasteiger partial charge on any atom is -0.325 e. The fourth-order valence-electron chi connectivity index (χ4n) is 3.23. The van der Waals surface area contributed by atoms with Gasteiger partial charge in [0.1, 0.15) is 0 Å². The van der Waals surface area contributed by atoms with Gasteiger partial charge in [0, 0.05) is 24.2 Å². The Bertz CT molecular complexity index is 941. The van der Waals surface area contributed by atoms with E-state index in [1.807, 2.05) is 6.07 Å². The third kappa shape index (κ3) is 4.61. The summed E-state index contributed by atoms with van der Waals surface area (Å²) in [5, 5.41) is 2.82. The quantitative estimate of drug-likeness (QED) is 0.801. The lowest BCUT2D eigenvalue weighted by molar-refractivity contribution is -0.120. The standard InChI is InChI=1S/C20H22N2O4S/c1-27(25,26)22-13-7-10-16(14-22)20(24)21-18-12-6-5-11-17(18)19(23)15-8-3-2-4-9-15/h2-6,8-9,11-12,16H,7,10,13-14H2,1H3,(H,21,24). The maximum Gasteiger partial charge on any atom is 0.228 e. The average molecular weight is 386 g/mol. The summed E-state index contributed by atoms with van der Waals surface area (Å²) in [6, 6.07) is 15.7. The van der Waals surface area contributed by atoms with Gasteiger partial charge >= 0.3 is 0 Å². The minimum atomic E-state index is -3.32. The first-order valence-electron chi connectivity index (χ1n) is 8.81. The number of hydrogen-bond acceptors (Lipinski definition) is 4. The SMILES string of the molecule is CS(=O)(=O)N1CCCC(C(=O)Nc2ccccc2C(=O)c2ccccc2)C1. The van der Waals surface area contributed by atoms with Crippen LogP contribution in [-0.4, -0.2) is 43.8 Å². The number of amides is 1. The van der Waals surface area contributed by atoms with Crippen LogP contribution in [0.15, 0.2) is 54.6 Å². The first kappa shape index (κ1) is 19.3. The van der Waals surface area contributed by atoms with E-state index in [1.165, 1.54) is 4.31 Å². The number of nitrogens with zero attached hydrogens (tertiary/aromatic N) is 1. The van der Waals surface area contributed by atoms with Gasteiger partial charge in [0.05, 0.1) is 17.9 Å². The van der Waals surface area contributed by atoms with Crippen molar-refractivity contribution in [2.24, 2.45) is 5.92 Å². The summed E-state index contributed by atoms with van der Waals surface area (Å²) in [6.07, 6.45) is 2.41. The number of sulfonamides is 1. The van der Waals surface area contributed by atoms with Crippen molar-refractivity contribution in [3.63, 3.8) is 0 Å². The zero-order valence-corrected chi connectivity index (χ0v) is 15.9. The Balaban J connectivity index is 1.78. The van der Waals surface area contributed by atoms with Crippen LogP contribution in [0, 0.1) is 5.92 Å². The molecular weight excluding hydrogens is 364 g/mol. The molecule has 2 aromatic rings. The van der Waals surface area contributed by atoms with Crippen molar-refractivity contribution in [2.45, 2.75) is 12.8 Å². The van der Waals surface area contributed by atoms with Gasteiger partial charge in [-0.25, -0.2) is 12.7 Å². The Kier molecular flexibility index (Phi) is 5.72. The van der Waals surface area contributed by atoms with Crippen LogP contribution in [0.3, 0.4) is 0 Å². The van der Waals surface area contributed by atoms with Crippen molar-refractivity contribution in [3.8, 4) is 0 Å². The highest BCUT2D eigenvalue weighted by Gasteiger charge is 2.30. The second-order valence-corrected chi connectivity index (χ2v) is 8.67. The Labute approximate surface area is 159 Å². The monoisotopic (exact) mass is 386 g/mol. The van der Waals surface area contributed by atoms with Gasteiger partial charge in [0.15, 0.2) is 5.78 Å². The van der Waals surface area contributed by atoms with Crippen LogP contribution in [-0.2, 0) is 14.8 Å². The topological polar surface area (TPSA) is 83.6 Å². The predicted molar refractivity (Wildman–Crippen MR) is 104 cm³/mol. The number of carbonyl (C=O) groups excluding carboxylic acids is 2. The summed E-state index contributed by atoms with van der Waals surface area (Å²) < 4.78 is 24.9. The van der Waals surface area contributed by atoms with Crippen LogP contribution in [0.1, 0.15) is 28.8 Å². The Morgan fingerprint density at radius 3 is 2.41 bits per heavy atom. The molecule has 7 heteroatoms. The molecule has 142 valence electrons. The maximum atomic E-state index is 12.8. The number of benzene rings is 2. The molecule has 2 aromatic carbocycles. The van der Waals surface area contributed by atoms with E-state index in [9.17, 15) is 18.0 Å². The molecule has 1 heterocycles. The normalized spacial score (nSPS) is 18.0. The molecule has 27 heavy (non-hydrogen) atoms. The van der Waals surface area contributed by atoms with E-state index in [1.54, 1.807) is 48.5 Å². The fourth-order valence-corrected chi connectivity index (χ4v) is 4.14. The predicted octanol–water partition coefficient (Wildman–Crippen LogP) is 2.53. The molecule has 6 nitrogen and oxygen atoms in total. The van der Waals surface area contributed by atoms with Gasteiger partial charge < -0.3 is 5.32 Å². The van der Waals surface area contributed by atoms with Crippen LogP contribution in [0.4, 0.5) is 5.69 Å². The lowest BCUT2D eigenvalue weighted by atomic mass is 9.97.